The van der Waals surface area contributed by atoms with Gasteiger partial charge in [0.2, 0.25) is 0 Å². The van der Waals surface area contributed by atoms with Crippen LogP contribution in [0.25, 0.3) is 0 Å². The summed E-state index contributed by atoms with van der Waals surface area (Å²) >= 11 is 6.15. The van der Waals surface area contributed by atoms with Crippen molar-refractivity contribution >= 4 is 38.9 Å². The van der Waals surface area contributed by atoms with E-state index in [2.05, 4.69) is 14.8 Å². The number of ketones is 2. The number of benzene rings is 2. The molecule has 2 aliphatic heterocycles. The van der Waals surface area contributed by atoms with E-state index < -0.39 is 27.6 Å². The Morgan fingerprint density at radius 1 is 0.974 bits per heavy atom. The smallest absolute Gasteiger partial charge is 0.262 e. The van der Waals surface area contributed by atoms with Gasteiger partial charge in [0, 0.05) is 54.7 Å². The van der Waals surface area contributed by atoms with Crippen molar-refractivity contribution in [1.82, 2.24) is 14.2 Å². The van der Waals surface area contributed by atoms with Crippen LogP contribution in [-0.2, 0) is 10.0 Å². The summed E-state index contributed by atoms with van der Waals surface area (Å²) in [5.74, 6) is -1.04. The van der Waals surface area contributed by atoms with Gasteiger partial charge in [0.15, 0.2) is 22.6 Å². The van der Waals surface area contributed by atoms with E-state index in [-0.39, 0.29) is 17.1 Å². The van der Waals surface area contributed by atoms with Crippen molar-refractivity contribution in [3.05, 3.63) is 88.1 Å². The fourth-order valence-corrected chi connectivity index (χ4v) is 7.44. The Bertz CT molecular complexity index is 1500. The van der Waals surface area contributed by atoms with Gasteiger partial charge in [-0.25, -0.2) is 13.4 Å². The average Bonchev–Trinajstić information content (AvgIpc) is 2.92. The normalized spacial score (nSPS) is 19.6. The molecule has 1 atom stereocenters. The Morgan fingerprint density at radius 2 is 1.69 bits per heavy atom. The van der Waals surface area contributed by atoms with Crippen LogP contribution in [0, 0.1) is 13.8 Å². The first-order chi connectivity index (χ1) is 18.7. The van der Waals surface area contributed by atoms with Crippen molar-refractivity contribution in [2.24, 2.45) is 0 Å². The molecular weight excluding hydrogens is 536 g/mol. The second-order valence-corrected chi connectivity index (χ2v) is 12.3. The number of aryl methyl sites for hydroxylation is 2. The first-order valence-corrected chi connectivity index (χ1v) is 14.8. The Hall–Kier alpha value is -3.11. The van der Waals surface area contributed by atoms with Gasteiger partial charge in [0.1, 0.15) is 0 Å². The first-order valence-electron chi connectivity index (χ1n) is 13.0. The molecule has 0 bridgehead atoms. The lowest BCUT2D eigenvalue weighted by Crippen LogP contribution is -2.55. The molecule has 1 saturated heterocycles. The number of rotatable bonds is 7. The van der Waals surface area contributed by atoms with E-state index in [9.17, 15) is 18.0 Å². The molecule has 2 aromatic carbocycles. The number of carbonyl (C=O) groups excluding carboxylic acids is 2. The van der Waals surface area contributed by atoms with Crippen molar-refractivity contribution in [2.45, 2.75) is 31.3 Å². The van der Waals surface area contributed by atoms with Crippen LogP contribution >= 0.6 is 11.6 Å². The molecule has 0 spiro atoms. The summed E-state index contributed by atoms with van der Waals surface area (Å²) in [5, 5.41) is 0.450. The molecule has 0 radical (unpaired) electrons. The van der Waals surface area contributed by atoms with E-state index in [4.69, 9.17) is 11.6 Å². The average molecular weight is 567 g/mol. The standard InChI is InChI=1S/C29H31ClN4O4S/c1-20-18-21(2)31-29-25(20)28(36)26(27(35)22-8-4-3-5-9-22)34(39(29,37)38)13-7-12-32-14-16-33(17-15-32)24-11-6-10-23(30)19-24/h3-6,8-11,18-19,26H,7,12-17H2,1-2H3. The van der Waals surface area contributed by atoms with E-state index in [0.29, 0.717) is 34.8 Å². The molecular formula is C29H31ClN4O4S. The molecule has 1 fully saturated rings. The molecule has 0 amide bonds. The highest BCUT2D eigenvalue weighted by Crippen LogP contribution is 2.33. The van der Waals surface area contributed by atoms with Gasteiger partial charge in [-0.15, -0.1) is 0 Å². The third-order valence-electron chi connectivity index (χ3n) is 7.35. The molecule has 204 valence electrons. The van der Waals surface area contributed by atoms with E-state index in [1.807, 2.05) is 24.3 Å². The molecule has 0 aliphatic carbocycles. The van der Waals surface area contributed by atoms with Crippen LogP contribution in [-0.4, -0.2) is 79.5 Å². The third-order valence-corrected chi connectivity index (χ3v) is 9.38. The van der Waals surface area contributed by atoms with E-state index >= 15 is 0 Å². The fraction of sp³-hybridized carbons (Fsp3) is 0.345. The number of aromatic nitrogens is 1. The van der Waals surface area contributed by atoms with Gasteiger partial charge in [-0.1, -0.05) is 48.0 Å². The summed E-state index contributed by atoms with van der Waals surface area (Å²) in [6, 6.07) is 16.4. The molecule has 0 saturated carbocycles. The van der Waals surface area contributed by atoms with E-state index in [1.165, 1.54) is 0 Å². The van der Waals surface area contributed by atoms with E-state index in [0.717, 1.165) is 36.2 Å². The number of fused-ring (bicyclic) bond motifs is 1. The zero-order valence-electron chi connectivity index (χ0n) is 22.0. The predicted molar refractivity (Wildman–Crippen MR) is 151 cm³/mol. The van der Waals surface area contributed by atoms with Gasteiger partial charge in [-0.05, 0) is 56.6 Å². The summed E-state index contributed by atoms with van der Waals surface area (Å²) in [4.78, 5) is 36.1. The monoisotopic (exact) mass is 566 g/mol. The van der Waals surface area contributed by atoms with E-state index in [1.54, 1.807) is 50.2 Å². The molecule has 0 N–H and O–H groups in total. The number of hydrogen-bond donors (Lipinski definition) is 0. The minimum Gasteiger partial charge on any atom is -0.369 e. The number of Topliss-reactive ketones (excluding diaryl/α,β-unsaturated/α-hetero) is 2. The maximum absolute atomic E-state index is 13.8. The number of sulfonamides is 1. The maximum atomic E-state index is 13.8. The Morgan fingerprint density at radius 3 is 2.38 bits per heavy atom. The lowest BCUT2D eigenvalue weighted by Gasteiger charge is -2.37. The van der Waals surface area contributed by atoms with Crippen LogP contribution in [0.3, 0.4) is 0 Å². The van der Waals surface area contributed by atoms with Gasteiger partial charge < -0.3 is 4.90 Å². The molecule has 3 heterocycles. The van der Waals surface area contributed by atoms with Crippen molar-refractivity contribution in [1.29, 1.82) is 0 Å². The molecule has 3 aromatic rings. The minimum absolute atomic E-state index is 0.0169. The Labute approximate surface area is 234 Å². The second-order valence-electron chi connectivity index (χ2n) is 10.0. The first kappa shape index (κ1) is 27.5. The molecule has 5 rings (SSSR count). The highest BCUT2D eigenvalue weighted by atomic mass is 35.5. The summed E-state index contributed by atoms with van der Waals surface area (Å²) in [6.45, 7) is 7.34. The number of nitrogens with zero attached hydrogens (tertiary/aromatic N) is 4. The lowest BCUT2D eigenvalue weighted by atomic mass is 9.94. The number of carbonyl (C=O) groups is 2. The van der Waals surface area contributed by atoms with Crippen molar-refractivity contribution in [3.8, 4) is 0 Å². The third kappa shape index (κ3) is 5.49. The van der Waals surface area contributed by atoms with Gasteiger partial charge in [-0.2, -0.15) is 4.31 Å². The highest BCUT2D eigenvalue weighted by molar-refractivity contribution is 7.89. The number of pyridine rings is 1. The molecule has 10 heteroatoms. The molecule has 8 nitrogen and oxygen atoms in total. The molecule has 1 aromatic heterocycles. The predicted octanol–water partition coefficient (Wildman–Crippen LogP) is 4.00. The van der Waals surface area contributed by atoms with Crippen molar-refractivity contribution in [3.63, 3.8) is 0 Å². The second kappa shape index (κ2) is 11.2. The zero-order valence-corrected chi connectivity index (χ0v) is 23.6. The van der Waals surface area contributed by atoms with Gasteiger partial charge >= 0.3 is 0 Å². The van der Waals surface area contributed by atoms with Crippen LogP contribution in [0.1, 0.15) is 38.4 Å². The quantitative estimate of drug-likeness (QED) is 0.315. The Balaban J connectivity index is 1.34. The van der Waals surface area contributed by atoms with Gasteiger partial charge in [0.25, 0.3) is 10.0 Å². The number of piperazine rings is 1. The molecule has 39 heavy (non-hydrogen) atoms. The highest BCUT2D eigenvalue weighted by Gasteiger charge is 2.49. The van der Waals surface area contributed by atoms with Crippen molar-refractivity contribution < 1.29 is 18.0 Å². The largest absolute Gasteiger partial charge is 0.369 e. The summed E-state index contributed by atoms with van der Waals surface area (Å²) < 4.78 is 28.7. The van der Waals surface area contributed by atoms with Crippen LogP contribution in [0.5, 0.6) is 0 Å². The fourth-order valence-electron chi connectivity index (χ4n) is 5.42. The molecule has 2 aliphatic rings. The number of hydrogen-bond acceptors (Lipinski definition) is 7. The zero-order chi connectivity index (χ0) is 27.7. The van der Waals surface area contributed by atoms with Crippen LogP contribution in [0.4, 0.5) is 5.69 Å². The SMILES string of the molecule is Cc1cc(C)c2c(n1)S(=O)(=O)N(CCCN1CCN(c3cccc(Cl)c3)CC1)C(C(=O)c1ccccc1)C2=O. The summed E-state index contributed by atoms with van der Waals surface area (Å²) in [7, 11) is -4.17. The summed E-state index contributed by atoms with van der Waals surface area (Å²) in [5.41, 5.74) is 2.42. The van der Waals surface area contributed by atoms with Gasteiger partial charge in [-0.3, -0.25) is 14.5 Å². The minimum atomic E-state index is -4.17. The number of halogens is 1. The van der Waals surface area contributed by atoms with Crippen LogP contribution in [0.15, 0.2) is 65.7 Å². The topological polar surface area (TPSA) is 90.9 Å². The lowest BCUT2D eigenvalue weighted by molar-refractivity contribution is 0.0762. The Kier molecular flexibility index (Phi) is 7.87. The van der Waals surface area contributed by atoms with Gasteiger partial charge in [0.05, 0.1) is 5.56 Å². The van der Waals surface area contributed by atoms with Crippen molar-refractivity contribution in [2.75, 3.05) is 44.2 Å². The maximum Gasteiger partial charge on any atom is 0.262 e. The van der Waals surface area contributed by atoms with Crippen LogP contribution in [0.2, 0.25) is 5.02 Å². The molecule has 1 unspecified atom stereocenters. The number of anilines is 1. The van der Waals surface area contributed by atoms with Crippen LogP contribution < -0.4 is 4.90 Å². The summed E-state index contributed by atoms with van der Waals surface area (Å²) in [6.07, 6.45) is 0.475.